The monoisotopic (exact) mass is 396 g/mol. The maximum atomic E-state index is 12.7. The van der Waals surface area contributed by atoms with Crippen LogP contribution in [0.15, 0.2) is 11.3 Å². The predicted molar refractivity (Wildman–Crippen MR) is 102 cm³/mol. The molecular formula is C16H26BN4O5P. The van der Waals surface area contributed by atoms with Gasteiger partial charge in [-0.2, -0.15) is 0 Å². The van der Waals surface area contributed by atoms with E-state index in [0.29, 0.717) is 31.8 Å². The van der Waals surface area contributed by atoms with E-state index in [2.05, 4.69) is 9.90 Å². The SMILES string of the molecule is BNPOC(=O)C1=C(CN2CC[C@@H](C(N)=O)C2)[C@H](C)[C@@H]2C([C@@H](C)O)C(=O)N12. The first kappa shape index (κ1) is 20.3. The zero-order valence-electron chi connectivity index (χ0n) is 15.8. The van der Waals surface area contributed by atoms with Crippen LogP contribution in [-0.4, -0.2) is 72.5 Å². The van der Waals surface area contributed by atoms with Gasteiger partial charge in [0.25, 0.3) is 0 Å². The number of β-lactam (4-membered cyclic amide) rings is 1. The van der Waals surface area contributed by atoms with Crippen molar-refractivity contribution in [1.29, 1.82) is 0 Å². The van der Waals surface area contributed by atoms with Crippen LogP contribution in [-0.2, 0) is 18.9 Å². The van der Waals surface area contributed by atoms with Crippen LogP contribution in [0.25, 0.3) is 0 Å². The zero-order valence-corrected chi connectivity index (χ0v) is 16.8. The molecule has 0 bridgehead atoms. The molecule has 3 aliphatic heterocycles. The van der Waals surface area contributed by atoms with Gasteiger partial charge in [-0.05, 0) is 25.5 Å². The van der Waals surface area contributed by atoms with Crippen LogP contribution in [0.4, 0.5) is 0 Å². The third kappa shape index (κ3) is 3.51. The molecule has 0 radical (unpaired) electrons. The highest BCUT2D eigenvalue weighted by molar-refractivity contribution is 7.32. The molecule has 0 saturated carbocycles. The van der Waals surface area contributed by atoms with Crippen LogP contribution in [0, 0.1) is 17.8 Å². The second kappa shape index (κ2) is 7.87. The van der Waals surface area contributed by atoms with Gasteiger partial charge >= 0.3 is 5.97 Å². The van der Waals surface area contributed by atoms with Gasteiger partial charge in [-0.3, -0.25) is 14.5 Å². The molecule has 27 heavy (non-hydrogen) atoms. The molecule has 0 aromatic carbocycles. The Morgan fingerprint density at radius 3 is 2.78 bits per heavy atom. The molecule has 2 unspecified atom stereocenters. The number of carbonyl (C=O) groups excluding carboxylic acids is 3. The minimum absolute atomic E-state index is 0.0737. The van der Waals surface area contributed by atoms with Crippen LogP contribution in [0.2, 0.25) is 0 Å². The maximum absolute atomic E-state index is 12.7. The summed E-state index contributed by atoms with van der Waals surface area (Å²) in [5.41, 5.74) is 6.53. The highest BCUT2D eigenvalue weighted by atomic mass is 31.1. The number of primary amides is 1. The Bertz CT molecular complexity index is 688. The molecule has 0 aliphatic carbocycles. The van der Waals surface area contributed by atoms with Crippen molar-refractivity contribution in [3.63, 3.8) is 0 Å². The Balaban J connectivity index is 1.85. The van der Waals surface area contributed by atoms with Crippen LogP contribution in [0.5, 0.6) is 0 Å². The van der Waals surface area contributed by atoms with E-state index < -0.39 is 18.0 Å². The van der Waals surface area contributed by atoms with Crippen LogP contribution < -0.4 is 10.7 Å². The first-order valence-electron chi connectivity index (χ1n) is 9.16. The van der Waals surface area contributed by atoms with E-state index in [0.717, 1.165) is 5.57 Å². The largest absolute Gasteiger partial charge is 0.428 e. The number of nitrogens with one attached hydrogen (secondary N) is 1. The van der Waals surface area contributed by atoms with Crippen molar-refractivity contribution >= 4 is 34.7 Å². The number of aliphatic hydroxyl groups is 1. The zero-order chi connectivity index (χ0) is 19.9. The van der Waals surface area contributed by atoms with Gasteiger partial charge in [-0.15, -0.1) is 0 Å². The lowest BCUT2D eigenvalue weighted by Gasteiger charge is -2.46. The highest BCUT2D eigenvalue weighted by Crippen LogP contribution is 2.48. The summed E-state index contributed by atoms with van der Waals surface area (Å²) in [6, 6.07) is -0.234. The van der Waals surface area contributed by atoms with Crippen molar-refractivity contribution in [2.75, 3.05) is 19.6 Å². The van der Waals surface area contributed by atoms with Gasteiger partial charge in [0.05, 0.1) is 24.0 Å². The minimum atomic E-state index is -0.775. The average molecular weight is 396 g/mol. The van der Waals surface area contributed by atoms with Crippen molar-refractivity contribution in [1.82, 2.24) is 14.8 Å². The smallest absolute Gasteiger partial charge is 0.358 e. The first-order valence-corrected chi connectivity index (χ1v) is 10.1. The van der Waals surface area contributed by atoms with Gasteiger partial charge in [-0.1, -0.05) is 6.92 Å². The van der Waals surface area contributed by atoms with E-state index in [9.17, 15) is 19.5 Å². The van der Waals surface area contributed by atoms with E-state index >= 15 is 0 Å². The number of rotatable bonds is 7. The van der Waals surface area contributed by atoms with Gasteiger partial charge in [0.2, 0.25) is 11.8 Å². The Morgan fingerprint density at radius 2 is 2.22 bits per heavy atom. The van der Waals surface area contributed by atoms with Crippen molar-refractivity contribution < 1.29 is 24.0 Å². The molecule has 3 heterocycles. The Hall–Kier alpha value is -1.48. The van der Waals surface area contributed by atoms with Crippen molar-refractivity contribution in [2.45, 2.75) is 32.4 Å². The number of fused-ring (bicyclic) bond motifs is 1. The Kier molecular flexibility index (Phi) is 5.91. The molecule has 3 rings (SSSR count). The topological polar surface area (TPSA) is 125 Å². The maximum Gasteiger partial charge on any atom is 0.358 e. The number of hydrogen-bond acceptors (Lipinski definition) is 7. The Morgan fingerprint density at radius 1 is 1.52 bits per heavy atom. The van der Waals surface area contributed by atoms with E-state index in [4.69, 9.17) is 10.3 Å². The molecule has 6 atom stereocenters. The van der Waals surface area contributed by atoms with E-state index in [1.165, 1.54) is 4.90 Å². The summed E-state index contributed by atoms with van der Waals surface area (Å²) >= 11 is 0. The third-order valence-electron chi connectivity index (χ3n) is 5.82. The quantitative estimate of drug-likeness (QED) is 0.261. The van der Waals surface area contributed by atoms with Crippen LogP contribution >= 0.6 is 8.96 Å². The highest BCUT2D eigenvalue weighted by Gasteiger charge is 2.60. The predicted octanol–water partition coefficient (Wildman–Crippen LogP) is -1.91. The van der Waals surface area contributed by atoms with Gasteiger partial charge < -0.3 is 25.3 Å². The lowest BCUT2D eigenvalue weighted by atomic mass is 9.77. The van der Waals surface area contributed by atoms with Crippen LogP contribution in [0.3, 0.4) is 0 Å². The third-order valence-corrected chi connectivity index (χ3v) is 6.31. The van der Waals surface area contributed by atoms with Crippen molar-refractivity contribution in [2.24, 2.45) is 23.5 Å². The van der Waals surface area contributed by atoms with E-state index in [1.54, 1.807) is 14.9 Å². The molecule has 2 saturated heterocycles. The van der Waals surface area contributed by atoms with E-state index in [-0.39, 0.29) is 38.7 Å². The van der Waals surface area contributed by atoms with E-state index in [1.807, 2.05) is 6.92 Å². The van der Waals surface area contributed by atoms with Crippen molar-refractivity contribution in [3.8, 4) is 0 Å². The number of likely N-dealkylation sites (tertiary alicyclic amines) is 1. The summed E-state index contributed by atoms with van der Waals surface area (Å²) in [5, 5.41) is 9.99. The number of nitrogens with two attached hydrogens (primary N) is 1. The first-order chi connectivity index (χ1) is 12.8. The molecule has 3 aliphatic rings. The summed E-state index contributed by atoms with van der Waals surface area (Å²) in [4.78, 5) is 43.0. The van der Waals surface area contributed by atoms with Gasteiger partial charge in [0.1, 0.15) is 14.7 Å². The molecule has 2 amide bonds. The molecule has 9 nitrogen and oxygen atoms in total. The number of amides is 2. The summed E-state index contributed by atoms with van der Waals surface area (Å²) in [6.45, 7) is 5.30. The molecule has 11 heteroatoms. The molecular weight excluding hydrogens is 370 g/mol. The lowest BCUT2D eigenvalue weighted by molar-refractivity contribution is -0.162. The van der Waals surface area contributed by atoms with Gasteiger partial charge in [0.15, 0.2) is 7.98 Å². The fourth-order valence-corrected chi connectivity index (χ4v) is 4.73. The number of nitrogens with zero attached hydrogens (tertiary/aromatic N) is 2. The lowest BCUT2D eigenvalue weighted by Crippen LogP contribution is -2.63. The summed E-state index contributed by atoms with van der Waals surface area (Å²) in [5.74, 6) is -1.86. The second-order valence-electron chi connectivity index (χ2n) is 7.49. The minimum Gasteiger partial charge on any atom is -0.428 e. The molecule has 0 aromatic rings. The second-order valence-corrected chi connectivity index (χ2v) is 8.40. The Labute approximate surface area is 161 Å². The van der Waals surface area contributed by atoms with Crippen molar-refractivity contribution in [3.05, 3.63) is 11.3 Å². The normalized spacial score (nSPS) is 32.1. The molecule has 0 aromatic heterocycles. The fourth-order valence-electron chi connectivity index (χ4n) is 4.44. The average Bonchev–Trinajstić information content (AvgIpc) is 3.16. The standard InChI is InChI=1S/C16H26BN4O5P/c1-7-10(6-20-4-3-9(5-20)14(18)23)13(16(25)26-27-19-17)21-12(7)11(8(2)22)15(21)24/h7-9,11-12,19,22,27H,3-6,17H2,1-2H3,(H2,18,23)/t7-,8+,9+,11?,12+/m0/s1. The molecule has 2 fully saturated rings. The molecule has 0 spiro atoms. The fraction of sp³-hybridized carbons (Fsp3) is 0.688. The molecule has 148 valence electrons. The molecule has 4 N–H and O–H groups in total. The number of aliphatic hydroxyl groups excluding tert-OH is 1. The number of carbonyl (C=O) groups is 3. The van der Waals surface area contributed by atoms with Gasteiger partial charge in [-0.25, -0.2) is 4.79 Å². The summed E-state index contributed by atoms with van der Waals surface area (Å²) < 4.78 is 5.25. The summed E-state index contributed by atoms with van der Waals surface area (Å²) in [6.07, 6.45) is -0.0802. The van der Waals surface area contributed by atoms with Crippen LogP contribution in [0.1, 0.15) is 20.3 Å². The van der Waals surface area contributed by atoms with Gasteiger partial charge in [0, 0.05) is 19.0 Å². The summed E-state index contributed by atoms with van der Waals surface area (Å²) in [7, 11) is 1.47. The number of hydrogen-bond donors (Lipinski definition) is 3.